The monoisotopic (exact) mass is 260 g/mol. The first-order chi connectivity index (χ1) is 8.91. The van der Waals surface area contributed by atoms with Gasteiger partial charge in [-0.15, -0.1) is 0 Å². The minimum Gasteiger partial charge on any atom is -0.481 e. The van der Waals surface area contributed by atoms with Crippen molar-refractivity contribution in [3.05, 3.63) is 41.0 Å². The molecule has 0 aliphatic carbocycles. The van der Waals surface area contributed by atoms with Gasteiger partial charge in [-0.05, 0) is 49.3 Å². The Hall–Kier alpha value is -1.57. The molecule has 2 heteroatoms. The lowest BCUT2D eigenvalue weighted by Crippen LogP contribution is -1.98. The van der Waals surface area contributed by atoms with Crippen molar-refractivity contribution in [1.29, 1.82) is 0 Å². The Labute approximate surface area is 116 Å². The van der Waals surface area contributed by atoms with Crippen LogP contribution in [0.3, 0.4) is 0 Å². The zero-order valence-corrected chi connectivity index (χ0v) is 12.4. The number of carbonyl (C=O) groups is 1. The van der Waals surface area contributed by atoms with Gasteiger partial charge in [0, 0.05) is 6.42 Å². The van der Waals surface area contributed by atoms with E-state index in [0.717, 1.165) is 6.42 Å². The first-order valence-corrected chi connectivity index (χ1v) is 6.91. The molecule has 0 radical (unpaired) electrons. The third-order valence-electron chi connectivity index (χ3n) is 3.27. The number of carboxylic acids is 1. The Morgan fingerprint density at radius 3 is 2.53 bits per heavy atom. The second-order valence-electron chi connectivity index (χ2n) is 5.42. The topological polar surface area (TPSA) is 37.3 Å². The van der Waals surface area contributed by atoms with Crippen LogP contribution >= 0.6 is 0 Å². The standard InChI is InChI=1S/C17H24O2/c1-12(2)15(7-5-6-8-17(18)19)16-10-9-13(3)11-14(16)4/h7,9-12H,5-6,8H2,1-4H3,(H,18,19)/b15-7+. The van der Waals surface area contributed by atoms with Crippen molar-refractivity contribution in [2.24, 2.45) is 5.92 Å². The van der Waals surface area contributed by atoms with Crippen molar-refractivity contribution in [3.8, 4) is 0 Å². The molecule has 1 rings (SSSR count). The van der Waals surface area contributed by atoms with Crippen LogP contribution in [0.25, 0.3) is 5.57 Å². The highest BCUT2D eigenvalue weighted by Crippen LogP contribution is 2.27. The minimum absolute atomic E-state index is 0.245. The van der Waals surface area contributed by atoms with Crippen molar-refractivity contribution >= 4 is 11.5 Å². The predicted molar refractivity (Wildman–Crippen MR) is 80.2 cm³/mol. The summed E-state index contributed by atoms with van der Waals surface area (Å²) in [5.41, 5.74) is 5.17. The third-order valence-corrected chi connectivity index (χ3v) is 3.27. The van der Waals surface area contributed by atoms with Crippen LogP contribution in [0.1, 0.15) is 49.8 Å². The molecule has 0 fully saturated rings. The molecule has 1 N–H and O–H groups in total. The summed E-state index contributed by atoms with van der Waals surface area (Å²) in [5.74, 6) is -0.266. The van der Waals surface area contributed by atoms with Gasteiger partial charge in [0.05, 0.1) is 0 Å². The number of benzene rings is 1. The molecule has 0 aromatic heterocycles. The predicted octanol–water partition coefficient (Wildman–Crippen LogP) is 4.60. The number of unbranched alkanes of at least 4 members (excludes halogenated alkanes) is 1. The van der Waals surface area contributed by atoms with E-state index in [1.165, 1.54) is 22.3 Å². The maximum Gasteiger partial charge on any atom is 0.303 e. The number of aryl methyl sites for hydroxylation is 2. The van der Waals surface area contributed by atoms with Gasteiger partial charge >= 0.3 is 5.97 Å². The Kier molecular flexibility index (Phi) is 5.81. The fourth-order valence-electron chi connectivity index (χ4n) is 2.31. The van der Waals surface area contributed by atoms with Gasteiger partial charge in [-0.1, -0.05) is 43.7 Å². The van der Waals surface area contributed by atoms with Crippen molar-refractivity contribution in [3.63, 3.8) is 0 Å². The highest BCUT2D eigenvalue weighted by Gasteiger charge is 2.09. The summed E-state index contributed by atoms with van der Waals surface area (Å²) >= 11 is 0. The van der Waals surface area contributed by atoms with Gasteiger partial charge in [-0.25, -0.2) is 0 Å². The Morgan fingerprint density at radius 1 is 1.32 bits per heavy atom. The van der Waals surface area contributed by atoms with Gasteiger partial charge in [-0.2, -0.15) is 0 Å². The summed E-state index contributed by atoms with van der Waals surface area (Å²) in [6.07, 6.45) is 3.98. The van der Waals surface area contributed by atoms with Crippen LogP contribution in [0, 0.1) is 19.8 Å². The first kappa shape index (κ1) is 15.5. The van der Waals surface area contributed by atoms with Crippen molar-refractivity contribution < 1.29 is 9.90 Å². The highest BCUT2D eigenvalue weighted by molar-refractivity contribution is 5.70. The molecule has 1 aromatic rings. The lowest BCUT2D eigenvalue weighted by Gasteiger charge is -2.15. The summed E-state index contributed by atoms with van der Waals surface area (Å²) in [6.45, 7) is 8.60. The number of allylic oxidation sites excluding steroid dienone is 2. The van der Waals surface area contributed by atoms with Gasteiger partial charge in [0.1, 0.15) is 0 Å². The molecular formula is C17H24O2. The summed E-state index contributed by atoms with van der Waals surface area (Å²) in [7, 11) is 0. The van der Waals surface area contributed by atoms with Crippen molar-refractivity contribution in [2.45, 2.75) is 47.0 Å². The normalized spacial score (nSPS) is 11.9. The van der Waals surface area contributed by atoms with Gasteiger partial charge in [0.25, 0.3) is 0 Å². The Balaban J connectivity index is 2.88. The number of rotatable bonds is 6. The molecule has 0 unspecified atom stereocenters. The van der Waals surface area contributed by atoms with E-state index in [4.69, 9.17) is 5.11 Å². The molecule has 0 saturated heterocycles. The SMILES string of the molecule is Cc1ccc(/C(=C/CCCC(=O)O)C(C)C)c(C)c1. The molecule has 104 valence electrons. The molecule has 1 aromatic carbocycles. The average Bonchev–Trinajstić information content (AvgIpc) is 2.30. The van der Waals surface area contributed by atoms with Crippen molar-refractivity contribution in [2.75, 3.05) is 0 Å². The molecule has 19 heavy (non-hydrogen) atoms. The van der Waals surface area contributed by atoms with E-state index in [9.17, 15) is 4.79 Å². The molecule has 0 atom stereocenters. The van der Waals surface area contributed by atoms with E-state index in [1.54, 1.807) is 0 Å². The van der Waals surface area contributed by atoms with Gasteiger partial charge in [0.2, 0.25) is 0 Å². The maximum atomic E-state index is 10.5. The summed E-state index contributed by atoms with van der Waals surface area (Å²) in [5, 5.41) is 8.66. The number of hydrogen-bond acceptors (Lipinski definition) is 1. The molecule has 0 aliphatic heterocycles. The zero-order chi connectivity index (χ0) is 14.4. The fraction of sp³-hybridized carbons (Fsp3) is 0.471. The van der Waals surface area contributed by atoms with Gasteiger partial charge < -0.3 is 5.11 Å². The first-order valence-electron chi connectivity index (χ1n) is 6.91. The van der Waals surface area contributed by atoms with Crippen LogP contribution in [0.5, 0.6) is 0 Å². The van der Waals surface area contributed by atoms with E-state index in [-0.39, 0.29) is 6.42 Å². The van der Waals surface area contributed by atoms with Crippen LogP contribution in [-0.4, -0.2) is 11.1 Å². The number of carboxylic acid groups (broad SMARTS) is 1. The summed E-state index contributed by atoms with van der Waals surface area (Å²) in [4.78, 5) is 10.5. The lowest BCUT2D eigenvalue weighted by atomic mass is 9.90. The summed E-state index contributed by atoms with van der Waals surface area (Å²) in [6, 6.07) is 6.51. The molecule has 0 saturated carbocycles. The quantitative estimate of drug-likeness (QED) is 0.759. The second-order valence-corrected chi connectivity index (χ2v) is 5.42. The minimum atomic E-state index is -0.717. The van der Waals surface area contributed by atoms with Gasteiger partial charge in [-0.3, -0.25) is 4.79 Å². The molecule has 0 bridgehead atoms. The molecule has 0 spiro atoms. The van der Waals surface area contributed by atoms with Crippen LogP contribution < -0.4 is 0 Å². The maximum absolute atomic E-state index is 10.5. The van der Waals surface area contributed by atoms with Crippen LogP contribution in [0.4, 0.5) is 0 Å². The third kappa shape index (κ3) is 4.90. The molecule has 0 aliphatic rings. The number of aliphatic carboxylic acids is 1. The van der Waals surface area contributed by atoms with Crippen molar-refractivity contribution in [1.82, 2.24) is 0 Å². The zero-order valence-electron chi connectivity index (χ0n) is 12.4. The average molecular weight is 260 g/mol. The lowest BCUT2D eigenvalue weighted by molar-refractivity contribution is -0.137. The molecule has 0 amide bonds. The van der Waals surface area contributed by atoms with E-state index in [1.807, 2.05) is 0 Å². The van der Waals surface area contributed by atoms with Crippen LogP contribution in [-0.2, 0) is 4.79 Å². The van der Waals surface area contributed by atoms with Gasteiger partial charge in [0.15, 0.2) is 0 Å². The second kappa shape index (κ2) is 7.13. The largest absolute Gasteiger partial charge is 0.481 e. The van der Waals surface area contributed by atoms with E-state index in [2.05, 4.69) is 52.0 Å². The highest BCUT2D eigenvalue weighted by atomic mass is 16.4. The van der Waals surface area contributed by atoms with Crippen LogP contribution in [0.2, 0.25) is 0 Å². The Bertz CT molecular complexity index is 470. The number of hydrogen-bond donors (Lipinski definition) is 1. The molecule has 2 nitrogen and oxygen atoms in total. The van der Waals surface area contributed by atoms with E-state index < -0.39 is 5.97 Å². The van der Waals surface area contributed by atoms with E-state index in [0.29, 0.717) is 12.3 Å². The van der Waals surface area contributed by atoms with E-state index >= 15 is 0 Å². The molecular weight excluding hydrogens is 236 g/mol. The summed E-state index contributed by atoms with van der Waals surface area (Å²) < 4.78 is 0. The Morgan fingerprint density at radius 2 is 2.00 bits per heavy atom. The fourth-order valence-corrected chi connectivity index (χ4v) is 2.31. The van der Waals surface area contributed by atoms with Crippen LogP contribution in [0.15, 0.2) is 24.3 Å². The smallest absolute Gasteiger partial charge is 0.303 e. The molecule has 0 heterocycles.